The molecule has 1 saturated heterocycles. The van der Waals surface area contributed by atoms with Crippen molar-refractivity contribution in [1.29, 1.82) is 0 Å². The number of H-pyrrole nitrogens is 1. The molecule has 0 saturated carbocycles. The summed E-state index contributed by atoms with van der Waals surface area (Å²) < 4.78 is 28.0. The highest BCUT2D eigenvalue weighted by Crippen LogP contribution is 2.33. The van der Waals surface area contributed by atoms with E-state index in [0.29, 0.717) is 24.4 Å². The lowest BCUT2D eigenvalue weighted by atomic mass is 9.97. The van der Waals surface area contributed by atoms with E-state index in [4.69, 9.17) is 4.98 Å². The third-order valence-electron chi connectivity index (χ3n) is 5.93. The van der Waals surface area contributed by atoms with Crippen molar-refractivity contribution in [3.63, 3.8) is 0 Å². The first-order chi connectivity index (χ1) is 13.6. The number of benzene rings is 2. The van der Waals surface area contributed by atoms with Gasteiger partial charge in [-0.15, -0.1) is 0 Å². The Labute approximate surface area is 165 Å². The summed E-state index contributed by atoms with van der Waals surface area (Å²) in [5, 5.41) is 0. The number of piperidine rings is 1. The van der Waals surface area contributed by atoms with E-state index in [2.05, 4.69) is 11.1 Å². The Morgan fingerprint density at radius 1 is 0.964 bits per heavy atom. The molecule has 1 aliphatic carbocycles. The normalized spacial score (nSPS) is 18.8. The monoisotopic (exact) mass is 393 g/mol. The number of nitrogens with zero attached hydrogens (tertiary/aromatic N) is 2. The Morgan fingerprint density at radius 3 is 2.54 bits per heavy atom. The van der Waals surface area contributed by atoms with Crippen molar-refractivity contribution in [2.24, 2.45) is 0 Å². The highest BCUT2D eigenvalue weighted by atomic mass is 32.2. The summed E-state index contributed by atoms with van der Waals surface area (Å²) in [7, 11) is -3.39. The first-order valence-electron chi connectivity index (χ1n) is 9.84. The van der Waals surface area contributed by atoms with E-state index >= 15 is 0 Å². The van der Waals surface area contributed by atoms with Gasteiger partial charge in [0.2, 0.25) is 10.0 Å². The van der Waals surface area contributed by atoms with Crippen LogP contribution >= 0.6 is 0 Å². The molecular formula is C22H23N3O2S. The number of para-hydroxylation sites is 2. The van der Waals surface area contributed by atoms with Crippen molar-refractivity contribution >= 4 is 27.1 Å². The highest BCUT2D eigenvalue weighted by molar-refractivity contribution is 7.93. The van der Waals surface area contributed by atoms with E-state index in [0.717, 1.165) is 41.7 Å². The van der Waals surface area contributed by atoms with Gasteiger partial charge in [0.15, 0.2) is 0 Å². The lowest BCUT2D eigenvalue weighted by Gasteiger charge is -2.31. The fourth-order valence-electron chi connectivity index (χ4n) is 4.31. The van der Waals surface area contributed by atoms with Crippen LogP contribution in [0.5, 0.6) is 0 Å². The smallest absolute Gasteiger partial charge is 0.239 e. The molecule has 2 aromatic carbocycles. The number of imidazole rings is 1. The Bertz CT molecular complexity index is 1120. The Morgan fingerprint density at radius 2 is 1.71 bits per heavy atom. The fraction of sp³-hybridized carbons (Fsp3) is 0.318. The zero-order chi connectivity index (χ0) is 19.1. The molecule has 5 rings (SSSR count). The fourth-order valence-corrected chi connectivity index (χ4v) is 5.97. The van der Waals surface area contributed by atoms with Gasteiger partial charge in [0.05, 0.1) is 15.9 Å². The number of nitrogens with one attached hydrogen (secondary N) is 1. The number of allylic oxidation sites excluding steroid dienone is 1. The standard InChI is InChI=1S/C22H23N3O2S/c26-28(27,19-10-9-16-5-1-2-6-18(16)15-19)25-13-11-17(12-14-25)22-23-20-7-3-4-8-21(20)24-22/h1-8,15,17H,9-14H2,(H,23,24). The minimum Gasteiger partial charge on any atom is -0.342 e. The van der Waals surface area contributed by atoms with Crippen LogP contribution in [0.1, 0.15) is 42.1 Å². The second-order valence-corrected chi connectivity index (χ2v) is 9.62. The molecule has 1 N–H and O–H groups in total. The Balaban J connectivity index is 1.33. The summed E-state index contributed by atoms with van der Waals surface area (Å²) in [5.74, 6) is 1.25. The van der Waals surface area contributed by atoms with Crippen molar-refractivity contribution in [3.05, 3.63) is 70.4 Å². The molecule has 5 nitrogen and oxygen atoms in total. The predicted molar refractivity (Wildman–Crippen MR) is 111 cm³/mol. The molecule has 2 heterocycles. The third-order valence-corrected chi connectivity index (χ3v) is 7.96. The van der Waals surface area contributed by atoms with Crippen LogP contribution in [0.3, 0.4) is 0 Å². The van der Waals surface area contributed by atoms with Crippen molar-refractivity contribution in [2.45, 2.75) is 31.6 Å². The predicted octanol–water partition coefficient (Wildman–Crippen LogP) is 4.06. The molecule has 1 aromatic heterocycles. The lowest BCUT2D eigenvalue weighted by molar-refractivity contribution is 0.316. The number of aromatic nitrogens is 2. The summed E-state index contributed by atoms with van der Waals surface area (Å²) in [6.45, 7) is 1.09. The largest absolute Gasteiger partial charge is 0.342 e. The van der Waals surface area contributed by atoms with E-state index in [1.54, 1.807) is 4.31 Å². The van der Waals surface area contributed by atoms with Crippen molar-refractivity contribution in [3.8, 4) is 0 Å². The summed E-state index contributed by atoms with van der Waals surface area (Å²) in [5.41, 5.74) is 4.27. The van der Waals surface area contributed by atoms with Gasteiger partial charge < -0.3 is 4.98 Å². The van der Waals surface area contributed by atoms with Crippen LogP contribution in [0.4, 0.5) is 0 Å². The zero-order valence-corrected chi connectivity index (χ0v) is 16.5. The minimum absolute atomic E-state index is 0.278. The van der Waals surface area contributed by atoms with E-state index in [1.807, 2.05) is 48.5 Å². The quantitative estimate of drug-likeness (QED) is 0.730. The van der Waals surface area contributed by atoms with E-state index < -0.39 is 10.0 Å². The lowest BCUT2D eigenvalue weighted by Crippen LogP contribution is -2.39. The number of hydrogen-bond donors (Lipinski definition) is 1. The van der Waals surface area contributed by atoms with Gasteiger partial charge in [-0.05, 0) is 55.0 Å². The van der Waals surface area contributed by atoms with Crippen molar-refractivity contribution in [2.75, 3.05) is 13.1 Å². The maximum absolute atomic E-state index is 13.2. The van der Waals surface area contributed by atoms with Crippen LogP contribution in [-0.2, 0) is 16.4 Å². The van der Waals surface area contributed by atoms with Crippen molar-refractivity contribution in [1.82, 2.24) is 14.3 Å². The second kappa shape index (κ2) is 6.87. The van der Waals surface area contributed by atoms with Crippen LogP contribution in [0.15, 0.2) is 53.4 Å². The van der Waals surface area contributed by atoms with Crippen LogP contribution in [0, 0.1) is 0 Å². The van der Waals surface area contributed by atoms with E-state index in [-0.39, 0.29) is 5.92 Å². The second-order valence-electron chi connectivity index (χ2n) is 7.63. The molecule has 144 valence electrons. The highest BCUT2D eigenvalue weighted by Gasteiger charge is 2.33. The molecule has 1 aliphatic heterocycles. The average Bonchev–Trinajstić information content (AvgIpc) is 3.18. The minimum atomic E-state index is -3.39. The summed E-state index contributed by atoms with van der Waals surface area (Å²) in [6.07, 6.45) is 4.82. The number of hydrogen-bond acceptors (Lipinski definition) is 3. The van der Waals surface area contributed by atoms with E-state index in [1.165, 1.54) is 5.56 Å². The van der Waals surface area contributed by atoms with Crippen molar-refractivity contribution < 1.29 is 8.42 Å². The van der Waals surface area contributed by atoms with Gasteiger partial charge in [-0.2, -0.15) is 4.31 Å². The molecular weight excluding hydrogens is 370 g/mol. The third kappa shape index (κ3) is 3.06. The number of aromatic amines is 1. The molecule has 6 heteroatoms. The maximum Gasteiger partial charge on any atom is 0.239 e. The van der Waals surface area contributed by atoms with Gasteiger partial charge in [0, 0.05) is 19.0 Å². The molecule has 2 aliphatic rings. The molecule has 28 heavy (non-hydrogen) atoms. The summed E-state index contributed by atoms with van der Waals surface area (Å²) in [6, 6.07) is 16.1. The van der Waals surface area contributed by atoms with Gasteiger partial charge in [0.25, 0.3) is 0 Å². The zero-order valence-electron chi connectivity index (χ0n) is 15.6. The topological polar surface area (TPSA) is 66.1 Å². The SMILES string of the molecule is O=S(=O)(C1=Cc2ccccc2CC1)N1CCC(c2nc3ccccc3[nH]2)CC1. The van der Waals surface area contributed by atoms with Gasteiger partial charge in [-0.1, -0.05) is 36.4 Å². The number of aryl methyl sites for hydroxylation is 1. The van der Waals surface area contributed by atoms with Crippen LogP contribution in [-0.4, -0.2) is 35.8 Å². The molecule has 3 aromatic rings. The van der Waals surface area contributed by atoms with Gasteiger partial charge in [-0.25, -0.2) is 13.4 Å². The van der Waals surface area contributed by atoms with Crippen LogP contribution < -0.4 is 0 Å². The summed E-state index contributed by atoms with van der Waals surface area (Å²) in [4.78, 5) is 8.66. The molecule has 0 spiro atoms. The molecule has 0 radical (unpaired) electrons. The van der Waals surface area contributed by atoms with Crippen LogP contribution in [0.2, 0.25) is 0 Å². The number of rotatable bonds is 3. The van der Waals surface area contributed by atoms with Gasteiger partial charge in [-0.3, -0.25) is 0 Å². The summed E-state index contributed by atoms with van der Waals surface area (Å²) >= 11 is 0. The molecule has 0 amide bonds. The van der Waals surface area contributed by atoms with E-state index in [9.17, 15) is 8.42 Å². The first-order valence-corrected chi connectivity index (χ1v) is 11.3. The Hall–Kier alpha value is -2.44. The molecule has 0 atom stereocenters. The average molecular weight is 394 g/mol. The maximum atomic E-state index is 13.2. The van der Waals surface area contributed by atoms with Gasteiger partial charge >= 0.3 is 0 Å². The number of fused-ring (bicyclic) bond motifs is 2. The van der Waals surface area contributed by atoms with Crippen LogP contribution in [0.25, 0.3) is 17.1 Å². The number of sulfonamides is 1. The first kappa shape index (κ1) is 17.6. The molecule has 0 unspecified atom stereocenters. The van der Waals surface area contributed by atoms with Gasteiger partial charge in [0.1, 0.15) is 5.82 Å². The molecule has 1 fully saturated rings. The Kier molecular flexibility index (Phi) is 4.33. The molecule has 0 bridgehead atoms.